The Morgan fingerprint density at radius 1 is 0.525 bits per heavy atom. The van der Waals surface area contributed by atoms with Gasteiger partial charge in [-0.25, -0.2) is 0 Å². The van der Waals surface area contributed by atoms with Crippen LogP contribution < -0.4 is 48.8 Å². The summed E-state index contributed by atoms with van der Waals surface area (Å²) in [5.74, 6) is 3.98. The SMILES string of the molecule is C.C.C.C=COCCC.CCCOC(C)OCc1cc(OC)c(B(O)O)c(OC)c1.CCCOC(C)OCc1cc(OC)c(Br)c(OC)c1.COc1cc(CO)cc(OC)c1B(O)O.COc1cc(CO)cc(OC)c1Br.[3H][P+](P)=S. The van der Waals surface area contributed by atoms with Crippen molar-refractivity contribution in [3.63, 3.8) is 0 Å². The van der Waals surface area contributed by atoms with Gasteiger partial charge in [0.25, 0.3) is 0 Å². The number of halogens is 2. The van der Waals surface area contributed by atoms with Gasteiger partial charge in [-0.05, 0) is 136 Å². The molecule has 4 aromatic carbocycles. The predicted octanol–water partition coefficient (Wildman–Crippen LogP) is 9.64. The molecule has 0 aliphatic heterocycles. The maximum absolute atomic E-state index is 9.40. The molecule has 6 N–H and O–H groups in total. The maximum Gasteiger partial charge on any atom is 0.496 e. The van der Waals surface area contributed by atoms with Gasteiger partial charge in [0.15, 0.2) is 31.4 Å². The van der Waals surface area contributed by atoms with Crippen molar-refractivity contribution in [3.8, 4) is 46.0 Å². The van der Waals surface area contributed by atoms with Gasteiger partial charge in [-0.3, -0.25) is 0 Å². The third kappa shape index (κ3) is 33.5. The fourth-order valence-corrected chi connectivity index (χ4v) is 7.09. The summed E-state index contributed by atoms with van der Waals surface area (Å²) in [4.78, 5) is 0. The van der Waals surface area contributed by atoms with Crippen molar-refractivity contribution in [2.24, 2.45) is 0 Å². The maximum atomic E-state index is 9.40. The zero-order valence-electron chi connectivity index (χ0n) is 47.5. The van der Waals surface area contributed by atoms with Crippen LogP contribution in [0.25, 0.3) is 0 Å². The van der Waals surface area contributed by atoms with Gasteiger partial charge in [0.1, 0.15) is 54.9 Å². The second-order valence-corrected chi connectivity index (χ2v) is 19.5. The van der Waals surface area contributed by atoms with Gasteiger partial charge in [0.05, 0.1) is 116 Å². The van der Waals surface area contributed by atoms with Gasteiger partial charge in [0, 0.05) is 13.2 Å². The van der Waals surface area contributed by atoms with Gasteiger partial charge in [0.2, 0.25) is 0 Å². The van der Waals surface area contributed by atoms with Crippen LogP contribution in [0.3, 0.4) is 0 Å². The molecule has 0 radical (unpaired) electrons. The molecular formula is C54H93B2Br2O19P2S+. The normalized spacial score (nSPS) is 10.7. The highest BCUT2D eigenvalue weighted by Crippen LogP contribution is 2.37. The first-order valence-electron chi connectivity index (χ1n) is 24.2. The molecule has 80 heavy (non-hydrogen) atoms. The standard InChI is InChI=1S/C14H23BO6.C14H21BrO4.C9H13BO5.C9H11BrO3.C5H10O.3CH4.H2P2S/c1-5-6-20-10(2)21-9-11-7-12(18-3)14(15(16)17)13(8-11)19-4;1-5-6-18-10(2)19-9-11-7-12(16-3)14(15)13(8-11)17-4;1-14-7-3-6(5-11)4-8(15-2)9(7)10(12)13;1-12-7-3-6(5-11)4-8(13-2)9(7)10;1-3-5-6-4-2;;;;1-2-3/h7-8,10,16-17H,5-6,9H2,1-4H3;7-8,10H,5-6,9H2,1-4H3;3-4,11-13H,5H2,1-2H3;3-4,11H,5H2,1-2H3;4H,2-3,5H2,1H3;3*1H4;1H2/p+1/i/hT. The number of methoxy groups -OCH3 is 8. The van der Waals surface area contributed by atoms with E-state index in [9.17, 15) is 10.0 Å². The molecule has 4 rings (SSSR count). The molecule has 19 nitrogen and oxygen atoms in total. The summed E-state index contributed by atoms with van der Waals surface area (Å²) in [6.45, 7) is 15.1. The first-order valence-corrected chi connectivity index (χ1v) is 28.9. The fourth-order valence-electron chi connectivity index (χ4n) is 5.98. The molecule has 0 aromatic heterocycles. The van der Waals surface area contributed by atoms with E-state index in [1.54, 1.807) is 52.7 Å². The summed E-state index contributed by atoms with van der Waals surface area (Å²) in [6.07, 6.45) is 3.90. The number of hydrogen-bond donors (Lipinski definition) is 6. The van der Waals surface area contributed by atoms with Crippen LogP contribution in [0.5, 0.6) is 46.0 Å². The Bertz CT molecular complexity index is 2180. The Labute approximate surface area is 505 Å². The van der Waals surface area contributed by atoms with Gasteiger partial charge in [-0.2, -0.15) is 0 Å². The van der Waals surface area contributed by atoms with Crippen LogP contribution in [0.1, 0.15) is 98.4 Å². The highest BCUT2D eigenvalue weighted by molar-refractivity contribution is 9.11. The van der Waals surface area contributed by atoms with E-state index in [0.717, 1.165) is 63.0 Å². The summed E-state index contributed by atoms with van der Waals surface area (Å²) in [6, 6.07) is 13.8. The lowest BCUT2D eigenvalue weighted by molar-refractivity contribution is -0.137. The Hall–Kier alpha value is -3.54. The lowest BCUT2D eigenvalue weighted by Crippen LogP contribution is -2.32. The van der Waals surface area contributed by atoms with Gasteiger partial charge in [-0.1, -0.05) is 49.6 Å². The van der Waals surface area contributed by atoms with Crippen LogP contribution in [-0.2, 0) is 61.9 Å². The van der Waals surface area contributed by atoms with Crippen LogP contribution in [-0.4, -0.2) is 135 Å². The van der Waals surface area contributed by atoms with E-state index < -0.39 is 21.2 Å². The predicted molar refractivity (Wildman–Crippen MR) is 338 cm³/mol. The van der Waals surface area contributed by atoms with E-state index in [2.05, 4.69) is 73.0 Å². The number of hydrogen-bond acceptors (Lipinski definition) is 20. The zero-order chi connectivity index (χ0) is 59.8. The summed E-state index contributed by atoms with van der Waals surface area (Å²) in [7, 11) is 11.0. The first kappa shape index (κ1) is 82.9. The highest BCUT2D eigenvalue weighted by Gasteiger charge is 2.25. The topological polar surface area (TPSA) is 241 Å². The second-order valence-electron chi connectivity index (χ2n) is 15.2. The lowest BCUT2D eigenvalue weighted by atomic mass is 9.78. The summed E-state index contributed by atoms with van der Waals surface area (Å²) in [5.41, 5.74) is 3.45. The van der Waals surface area contributed by atoms with Crippen LogP contribution in [0.4, 0.5) is 0 Å². The quantitative estimate of drug-likeness (QED) is 0.0107. The molecule has 458 valence electrons. The number of aliphatic hydroxyl groups is 2. The molecule has 0 saturated carbocycles. The molecule has 0 aliphatic rings. The van der Waals surface area contributed by atoms with Gasteiger partial charge in [-0.15, -0.1) is 0 Å². The van der Waals surface area contributed by atoms with E-state index in [1.807, 2.05) is 32.9 Å². The average Bonchev–Trinajstić information content (AvgIpc) is 3.44. The molecule has 0 heterocycles. The lowest BCUT2D eigenvalue weighted by Gasteiger charge is -2.17. The van der Waals surface area contributed by atoms with E-state index in [1.165, 1.54) is 46.8 Å². The van der Waals surface area contributed by atoms with Gasteiger partial charge < -0.3 is 91.9 Å². The number of rotatable bonds is 27. The van der Waals surface area contributed by atoms with Crippen LogP contribution in [0, 0.1) is 0 Å². The van der Waals surface area contributed by atoms with E-state index in [0.29, 0.717) is 55.0 Å². The van der Waals surface area contributed by atoms with Crippen molar-refractivity contribution in [2.75, 3.05) is 76.7 Å². The fraction of sp³-hybridized carbons (Fsp3) is 0.519. The van der Waals surface area contributed by atoms with Crippen molar-refractivity contribution in [1.29, 1.82) is 1.28 Å². The number of benzene rings is 4. The molecule has 0 saturated heterocycles. The van der Waals surface area contributed by atoms with Crippen molar-refractivity contribution >= 4 is 84.7 Å². The molecule has 0 bridgehead atoms. The van der Waals surface area contributed by atoms with Crippen molar-refractivity contribution in [1.82, 2.24) is 0 Å². The van der Waals surface area contributed by atoms with E-state index in [-0.39, 0.29) is 70.5 Å². The number of aliphatic hydroxyl groups excluding tert-OH is 2. The Morgan fingerprint density at radius 3 is 0.963 bits per heavy atom. The number of ether oxygens (including phenoxy) is 13. The van der Waals surface area contributed by atoms with Crippen LogP contribution >= 0.6 is 47.8 Å². The van der Waals surface area contributed by atoms with Gasteiger partial charge >= 0.3 is 15.5 Å². The Balaban J connectivity index is -0.000000299. The molecule has 0 fully saturated rings. The third-order valence-electron chi connectivity index (χ3n) is 9.62. The Kier molecular flexibility index (Phi) is 54.2. The minimum absolute atomic E-state index is 0. The van der Waals surface area contributed by atoms with E-state index >= 15 is 0 Å². The first-order chi connectivity index (χ1) is 37.1. The summed E-state index contributed by atoms with van der Waals surface area (Å²) < 4.78 is 75.9. The summed E-state index contributed by atoms with van der Waals surface area (Å²) in [5, 5.41) is 55.0. The average molecular weight is 1320 g/mol. The highest BCUT2D eigenvalue weighted by atomic mass is 79.9. The summed E-state index contributed by atoms with van der Waals surface area (Å²) >= 11 is 11.1. The monoisotopic (exact) mass is 1320 g/mol. The molecule has 26 heteroatoms. The minimum atomic E-state index is -1.68. The van der Waals surface area contributed by atoms with Crippen molar-refractivity contribution < 1.29 is 91.9 Å². The molecule has 0 amide bonds. The Morgan fingerprint density at radius 2 is 0.762 bits per heavy atom. The zero-order valence-corrected chi connectivity index (χ0v) is 52.5. The molecule has 4 atom stereocenters. The largest absolute Gasteiger partial charge is 0.502 e. The van der Waals surface area contributed by atoms with E-state index in [4.69, 9.17) is 83.1 Å². The third-order valence-corrected chi connectivity index (χ3v) is 11.2. The van der Waals surface area contributed by atoms with Crippen LogP contribution in [0.2, 0.25) is 0 Å². The smallest absolute Gasteiger partial charge is 0.496 e. The minimum Gasteiger partial charge on any atom is -0.502 e. The van der Waals surface area contributed by atoms with Crippen molar-refractivity contribution in [2.45, 2.75) is 115 Å². The molecule has 0 aliphatic carbocycles. The molecular weight excluding hydrogens is 1230 g/mol. The van der Waals surface area contributed by atoms with Crippen molar-refractivity contribution in [3.05, 3.63) is 92.6 Å². The molecule has 0 spiro atoms. The second kappa shape index (κ2) is 52.3. The molecule has 4 aromatic rings. The van der Waals surface area contributed by atoms with Crippen LogP contribution in [0.15, 0.2) is 70.3 Å². The molecule has 4 unspecified atom stereocenters.